The molecule has 0 bridgehead atoms. The van der Waals surface area contributed by atoms with Gasteiger partial charge in [-0.05, 0) is 20.8 Å². The number of nitrogens with zero attached hydrogens (tertiary/aromatic N) is 1. The number of hydrogen-bond donors (Lipinski definition) is 0. The molecule has 0 aromatic carbocycles. The van der Waals surface area contributed by atoms with Gasteiger partial charge in [-0.15, -0.1) is 0 Å². The van der Waals surface area contributed by atoms with E-state index in [2.05, 4.69) is 0 Å². The second-order valence-corrected chi connectivity index (χ2v) is 5.35. The third kappa shape index (κ3) is 3.21. The van der Waals surface area contributed by atoms with E-state index in [1.165, 1.54) is 30.5 Å². The van der Waals surface area contributed by atoms with Gasteiger partial charge in [0, 0.05) is 12.3 Å². The van der Waals surface area contributed by atoms with Gasteiger partial charge >= 0.3 is 5.97 Å². The Morgan fingerprint density at radius 1 is 1.47 bits per heavy atom. The number of esters is 1. The number of carbonyl (C=O) groups excluding carboxylic acids is 3. The van der Waals surface area contributed by atoms with Gasteiger partial charge in [0.25, 0.3) is 5.24 Å². The highest BCUT2D eigenvalue weighted by atomic mass is 32.2. The summed E-state index contributed by atoms with van der Waals surface area (Å²) in [4.78, 5) is 36.4. The van der Waals surface area contributed by atoms with Gasteiger partial charge in [-0.3, -0.25) is 14.4 Å². The second-order valence-electron chi connectivity index (χ2n) is 4.30. The molecule has 0 aromatic rings. The van der Waals surface area contributed by atoms with Crippen LogP contribution in [-0.4, -0.2) is 47.3 Å². The van der Waals surface area contributed by atoms with Crippen LogP contribution < -0.4 is 0 Å². The zero-order valence-corrected chi connectivity index (χ0v) is 11.1. The molecule has 1 saturated heterocycles. The molecule has 6 heteroatoms. The molecule has 0 saturated carbocycles. The Kier molecular flexibility index (Phi) is 4.56. The topological polar surface area (TPSA) is 63.7 Å². The van der Waals surface area contributed by atoms with Crippen LogP contribution in [0, 0.1) is 5.41 Å². The van der Waals surface area contributed by atoms with Crippen LogP contribution in [0.4, 0.5) is 4.79 Å². The molecule has 17 heavy (non-hydrogen) atoms. The van der Waals surface area contributed by atoms with Crippen LogP contribution in [0.5, 0.6) is 0 Å². The van der Waals surface area contributed by atoms with Gasteiger partial charge in [-0.25, -0.2) is 0 Å². The first kappa shape index (κ1) is 14.0. The lowest BCUT2D eigenvalue weighted by atomic mass is 9.88. The summed E-state index contributed by atoms with van der Waals surface area (Å²) in [6, 6.07) is 0. The molecule has 0 radical (unpaired) electrons. The molecule has 0 atom stereocenters. The Bertz CT molecular complexity index is 340. The van der Waals surface area contributed by atoms with E-state index in [0.717, 1.165) is 0 Å². The Hall–Kier alpha value is -1.04. The van der Waals surface area contributed by atoms with Crippen molar-refractivity contribution in [3.63, 3.8) is 0 Å². The van der Waals surface area contributed by atoms with Crippen LogP contribution in [0.15, 0.2) is 0 Å². The van der Waals surface area contributed by atoms with Gasteiger partial charge in [0.15, 0.2) is 5.78 Å². The molecule has 1 rings (SSSR count). The van der Waals surface area contributed by atoms with E-state index in [0.29, 0.717) is 12.3 Å². The fraction of sp³-hybridized carbons (Fsp3) is 0.727. The van der Waals surface area contributed by atoms with Crippen LogP contribution in [0.1, 0.15) is 20.8 Å². The molecule has 0 N–H and O–H groups in total. The number of carbonyl (C=O) groups is 3. The third-order valence-corrected chi connectivity index (χ3v) is 3.55. The molecule has 0 spiro atoms. The average Bonchev–Trinajstić information content (AvgIpc) is 2.64. The van der Waals surface area contributed by atoms with Crippen LogP contribution in [0.2, 0.25) is 0 Å². The number of ketones is 1. The monoisotopic (exact) mass is 259 g/mol. The molecule has 1 aliphatic heterocycles. The van der Waals surface area contributed by atoms with Crippen LogP contribution >= 0.6 is 11.8 Å². The molecule has 0 unspecified atom stereocenters. The smallest absolute Gasteiger partial charge is 0.319 e. The quantitative estimate of drug-likeness (QED) is 0.550. The van der Waals surface area contributed by atoms with Gasteiger partial charge in [0.05, 0.1) is 13.2 Å². The number of ether oxygens (including phenoxy) is 1. The van der Waals surface area contributed by atoms with E-state index in [1.807, 2.05) is 0 Å². The normalized spacial score (nSPS) is 16.2. The summed E-state index contributed by atoms with van der Waals surface area (Å²) in [5.41, 5.74) is -1.19. The predicted molar refractivity (Wildman–Crippen MR) is 64.8 cm³/mol. The Morgan fingerprint density at radius 2 is 2.12 bits per heavy atom. The molecule has 0 aromatic heterocycles. The van der Waals surface area contributed by atoms with Gasteiger partial charge in [0.1, 0.15) is 5.41 Å². The largest absolute Gasteiger partial charge is 0.465 e. The van der Waals surface area contributed by atoms with Crippen LogP contribution in [-0.2, 0) is 14.3 Å². The van der Waals surface area contributed by atoms with Gasteiger partial charge < -0.3 is 9.64 Å². The van der Waals surface area contributed by atoms with Crippen molar-refractivity contribution in [1.29, 1.82) is 0 Å². The van der Waals surface area contributed by atoms with E-state index in [-0.39, 0.29) is 24.2 Å². The Balaban J connectivity index is 2.62. The lowest BCUT2D eigenvalue weighted by Crippen LogP contribution is -2.42. The summed E-state index contributed by atoms with van der Waals surface area (Å²) >= 11 is 1.20. The number of thioether (sulfide) groups is 1. The summed E-state index contributed by atoms with van der Waals surface area (Å²) in [5, 5.41) is -0.0991. The van der Waals surface area contributed by atoms with Gasteiger partial charge in [0.2, 0.25) is 0 Å². The van der Waals surface area contributed by atoms with E-state index in [1.54, 1.807) is 6.92 Å². The molecular weight excluding hydrogens is 242 g/mol. The van der Waals surface area contributed by atoms with Crippen LogP contribution in [0.3, 0.4) is 0 Å². The van der Waals surface area contributed by atoms with E-state index in [4.69, 9.17) is 4.74 Å². The first-order chi connectivity index (χ1) is 7.89. The molecule has 0 aliphatic carbocycles. The molecule has 1 aliphatic rings. The van der Waals surface area contributed by atoms with Crippen molar-refractivity contribution in [3.05, 3.63) is 0 Å². The zero-order chi connectivity index (χ0) is 13.1. The third-order valence-electron chi connectivity index (χ3n) is 2.66. The van der Waals surface area contributed by atoms with Crippen molar-refractivity contribution in [2.45, 2.75) is 20.8 Å². The minimum atomic E-state index is -1.19. The summed E-state index contributed by atoms with van der Waals surface area (Å²) < 4.78 is 4.85. The SMILES string of the molecule is CCOC(=O)C(C)(C)C(=O)CN1CCSC1=O. The molecule has 5 nitrogen and oxygen atoms in total. The van der Waals surface area contributed by atoms with E-state index in [9.17, 15) is 14.4 Å². The lowest BCUT2D eigenvalue weighted by Gasteiger charge is -2.23. The van der Waals surface area contributed by atoms with E-state index < -0.39 is 11.4 Å². The maximum absolute atomic E-state index is 12.0. The van der Waals surface area contributed by atoms with Gasteiger partial charge in [-0.1, -0.05) is 11.8 Å². The fourth-order valence-electron chi connectivity index (χ4n) is 1.37. The highest BCUT2D eigenvalue weighted by Gasteiger charge is 2.39. The minimum Gasteiger partial charge on any atom is -0.465 e. The zero-order valence-electron chi connectivity index (χ0n) is 10.3. The van der Waals surface area contributed by atoms with Crippen molar-refractivity contribution in [2.24, 2.45) is 5.41 Å². The fourth-order valence-corrected chi connectivity index (χ4v) is 2.19. The number of amides is 1. The summed E-state index contributed by atoms with van der Waals surface area (Å²) in [5.74, 6) is -0.123. The first-order valence-corrected chi connectivity index (χ1v) is 6.50. The first-order valence-electron chi connectivity index (χ1n) is 5.51. The van der Waals surface area contributed by atoms with E-state index >= 15 is 0 Å². The Labute approximate surface area is 105 Å². The molecule has 96 valence electrons. The highest BCUT2D eigenvalue weighted by molar-refractivity contribution is 8.13. The van der Waals surface area contributed by atoms with Crippen molar-refractivity contribution in [3.8, 4) is 0 Å². The maximum atomic E-state index is 12.0. The van der Waals surface area contributed by atoms with Crippen LogP contribution in [0.25, 0.3) is 0 Å². The average molecular weight is 259 g/mol. The standard InChI is InChI=1S/C11H17NO4S/c1-4-16-9(14)11(2,3)8(13)7-12-5-6-17-10(12)15/h4-7H2,1-3H3. The highest BCUT2D eigenvalue weighted by Crippen LogP contribution is 2.23. The lowest BCUT2D eigenvalue weighted by molar-refractivity contribution is -0.158. The molecule has 1 heterocycles. The minimum absolute atomic E-state index is 0.0162. The molecule has 1 amide bonds. The van der Waals surface area contributed by atoms with Crippen molar-refractivity contribution < 1.29 is 19.1 Å². The second kappa shape index (κ2) is 5.53. The maximum Gasteiger partial charge on any atom is 0.319 e. The predicted octanol–water partition coefficient (Wildman–Crippen LogP) is 1.31. The van der Waals surface area contributed by atoms with Crippen molar-refractivity contribution in [2.75, 3.05) is 25.4 Å². The number of rotatable bonds is 5. The van der Waals surface area contributed by atoms with Gasteiger partial charge in [-0.2, -0.15) is 0 Å². The van der Waals surface area contributed by atoms with Crippen molar-refractivity contribution >= 4 is 28.8 Å². The molecular formula is C11H17NO4S. The number of Topliss-reactive ketones (excluding diaryl/α,β-unsaturated/α-hetero) is 1. The summed E-state index contributed by atoms with van der Waals surface area (Å²) in [6.45, 7) is 5.54. The summed E-state index contributed by atoms with van der Waals surface area (Å²) in [6.07, 6.45) is 0. The number of hydrogen-bond acceptors (Lipinski definition) is 5. The Morgan fingerprint density at radius 3 is 2.59 bits per heavy atom. The molecule has 1 fully saturated rings. The summed E-state index contributed by atoms with van der Waals surface area (Å²) in [7, 11) is 0. The van der Waals surface area contributed by atoms with Crippen molar-refractivity contribution in [1.82, 2.24) is 4.90 Å².